The Balaban J connectivity index is 1.43. The normalized spacial score (nSPS) is 20.6. The summed E-state index contributed by atoms with van der Waals surface area (Å²) in [6, 6.07) is 4.63. The van der Waals surface area contributed by atoms with Gasteiger partial charge < -0.3 is 14.4 Å². The molecule has 0 saturated carbocycles. The van der Waals surface area contributed by atoms with E-state index in [1.807, 2.05) is 0 Å². The van der Waals surface area contributed by atoms with E-state index < -0.39 is 10.0 Å². The van der Waals surface area contributed by atoms with E-state index in [0.29, 0.717) is 36.8 Å². The van der Waals surface area contributed by atoms with E-state index in [2.05, 4.69) is 5.10 Å². The molecule has 0 unspecified atom stereocenters. The molecule has 3 heterocycles. The fourth-order valence-corrected chi connectivity index (χ4v) is 5.03. The highest BCUT2D eigenvalue weighted by molar-refractivity contribution is 7.89. The number of rotatable bonds is 3. The summed E-state index contributed by atoms with van der Waals surface area (Å²) >= 11 is 0. The minimum atomic E-state index is -3.72. The Labute approximate surface area is 175 Å². The summed E-state index contributed by atoms with van der Waals surface area (Å²) in [6.45, 7) is 1.90. The molecule has 162 valence electrons. The first-order chi connectivity index (χ1) is 14.4. The standard InChI is InChI=1S/C19H24N4O6S/c1-21-18(24)6-4-15(20-21)19(25)22-7-9-23(10-8-22)30(26,27)14-3-5-16-17(13-14)29-12-2-11-28-16/h3,5,13H,2,4,6-12H2,1H3. The van der Waals surface area contributed by atoms with E-state index in [0.717, 1.165) is 6.42 Å². The summed E-state index contributed by atoms with van der Waals surface area (Å²) in [7, 11) is -2.20. The maximum absolute atomic E-state index is 13.1. The number of carbonyl (C=O) groups excluding carboxylic acids is 2. The average Bonchev–Trinajstić information content (AvgIpc) is 3.00. The van der Waals surface area contributed by atoms with Crippen LogP contribution in [-0.2, 0) is 19.6 Å². The van der Waals surface area contributed by atoms with Crippen LogP contribution >= 0.6 is 0 Å². The van der Waals surface area contributed by atoms with Crippen molar-refractivity contribution in [1.82, 2.24) is 14.2 Å². The summed E-state index contributed by atoms with van der Waals surface area (Å²) in [5.41, 5.74) is 0.330. The molecule has 30 heavy (non-hydrogen) atoms. The van der Waals surface area contributed by atoms with Crippen LogP contribution in [0.15, 0.2) is 28.2 Å². The molecular formula is C19H24N4O6S. The highest BCUT2D eigenvalue weighted by Crippen LogP contribution is 2.33. The van der Waals surface area contributed by atoms with Crippen LogP contribution in [0.1, 0.15) is 19.3 Å². The van der Waals surface area contributed by atoms with E-state index in [1.165, 1.54) is 28.5 Å². The zero-order valence-corrected chi connectivity index (χ0v) is 17.6. The molecule has 3 aliphatic heterocycles. The third kappa shape index (κ3) is 3.99. The van der Waals surface area contributed by atoms with E-state index in [4.69, 9.17) is 9.47 Å². The van der Waals surface area contributed by atoms with E-state index in [-0.39, 0.29) is 49.3 Å². The lowest BCUT2D eigenvalue weighted by molar-refractivity contribution is -0.130. The van der Waals surface area contributed by atoms with Crippen molar-refractivity contribution >= 4 is 27.5 Å². The number of amides is 2. The number of nitrogens with zero attached hydrogens (tertiary/aromatic N) is 4. The molecule has 3 aliphatic rings. The lowest BCUT2D eigenvalue weighted by Crippen LogP contribution is -2.52. The second-order valence-electron chi connectivity index (χ2n) is 7.32. The second-order valence-corrected chi connectivity index (χ2v) is 9.26. The highest BCUT2D eigenvalue weighted by Gasteiger charge is 2.33. The Morgan fingerprint density at radius 3 is 2.43 bits per heavy atom. The zero-order chi connectivity index (χ0) is 21.3. The Morgan fingerprint density at radius 1 is 1.03 bits per heavy atom. The van der Waals surface area contributed by atoms with Crippen LogP contribution in [0, 0.1) is 0 Å². The molecule has 10 nitrogen and oxygen atoms in total. The van der Waals surface area contributed by atoms with Gasteiger partial charge >= 0.3 is 0 Å². The first-order valence-corrected chi connectivity index (χ1v) is 11.3. The minimum Gasteiger partial charge on any atom is -0.490 e. The van der Waals surface area contributed by atoms with Crippen LogP contribution in [0.25, 0.3) is 0 Å². The number of benzene rings is 1. The van der Waals surface area contributed by atoms with Crippen LogP contribution in [0.2, 0.25) is 0 Å². The first-order valence-electron chi connectivity index (χ1n) is 9.89. The number of hydrazone groups is 1. The molecule has 1 aromatic carbocycles. The summed E-state index contributed by atoms with van der Waals surface area (Å²) in [6.07, 6.45) is 1.29. The van der Waals surface area contributed by atoms with Gasteiger partial charge in [-0.25, -0.2) is 13.4 Å². The maximum Gasteiger partial charge on any atom is 0.270 e. The van der Waals surface area contributed by atoms with Crippen molar-refractivity contribution < 1.29 is 27.5 Å². The third-order valence-corrected chi connectivity index (χ3v) is 7.23. The van der Waals surface area contributed by atoms with Gasteiger partial charge in [-0.2, -0.15) is 9.41 Å². The SMILES string of the molecule is CN1N=C(C(=O)N2CCN(S(=O)(=O)c3ccc4c(c3)OCCCO4)CC2)CCC1=O. The largest absolute Gasteiger partial charge is 0.490 e. The van der Waals surface area contributed by atoms with Crippen LogP contribution in [-0.4, -0.2) is 86.6 Å². The van der Waals surface area contributed by atoms with E-state index in [1.54, 1.807) is 11.0 Å². The number of hydrogen-bond donors (Lipinski definition) is 0. The van der Waals surface area contributed by atoms with Gasteiger partial charge in [0, 0.05) is 58.6 Å². The molecule has 1 saturated heterocycles. The van der Waals surface area contributed by atoms with Crippen molar-refractivity contribution in [3.05, 3.63) is 18.2 Å². The Kier molecular flexibility index (Phi) is 5.65. The molecule has 1 aromatic rings. The smallest absolute Gasteiger partial charge is 0.270 e. The Morgan fingerprint density at radius 2 is 1.73 bits per heavy atom. The van der Waals surface area contributed by atoms with Gasteiger partial charge in [-0.3, -0.25) is 9.59 Å². The summed E-state index contributed by atoms with van der Waals surface area (Å²) in [4.78, 5) is 26.0. The van der Waals surface area contributed by atoms with Gasteiger partial charge in [0.25, 0.3) is 5.91 Å². The van der Waals surface area contributed by atoms with Gasteiger partial charge in [-0.05, 0) is 12.1 Å². The molecule has 4 rings (SSSR count). The third-order valence-electron chi connectivity index (χ3n) is 5.34. The van der Waals surface area contributed by atoms with E-state index >= 15 is 0 Å². The fraction of sp³-hybridized carbons (Fsp3) is 0.526. The van der Waals surface area contributed by atoms with E-state index in [9.17, 15) is 18.0 Å². The quantitative estimate of drug-likeness (QED) is 0.674. The molecule has 0 atom stereocenters. The first kappa shape index (κ1) is 20.6. The minimum absolute atomic E-state index is 0.127. The number of piperazine rings is 1. The molecule has 0 N–H and O–H groups in total. The fourth-order valence-electron chi connectivity index (χ4n) is 3.59. The topological polar surface area (TPSA) is 109 Å². The maximum atomic E-state index is 13.1. The van der Waals surface area contributed by atoms with Crippen molar-refractivity contribution in [2.75, 3.05) is 46.4 Å². The molecule has 0 radical (unpaired) electrons. The zero-order valence-electron chi connectivity index (χ0n) is 16.7. The number of fused-ring (bicyclic) bond motifs is 1. The van der Waals surface area contributed by atoms with Gasteiger partial charge in [-0.15, -0.1) is 0 Å². The molecule has 0 spiro atoms. The van der Waals surface area contributed by atoms with Crippen LogP contribution < -0.4 is 9.47 Å². The summed E-state index contributed by atoms with van der Waals surface area (Å²) in [5, 5.41) is 5.24. The van der Waals surface area contributed by atoms with Crippen molar-refractivity contribution in [3.8, 4) is 11.5 Å². The number of ether oxygens (including phenoxy) is 2. The summed E-state index contributed by atoms with van der Waals surface area (Å²) in [5.74, 6) is 0.592. The number of carbonyl (C=O) groups is 2. The van der Waals surface area contributed by atoms with Crippen LogP contribution in [0.3, 0.4) is 0 Å². The molecule has 11 heteroatoms. The van der Waals surface area contributed by atoms with Crippen molar-refractivity contribution in [2.45, 2.75) is 24.2 Å². The average molecular weight is 436 g/mol. The van der Waals surface area contributed by atoms with Gasteiger partial charge in [0.2, 0.25) is 15.9 Å². The number of sulfonamides is 1. The molecule has 1 fully saturated rings. The second kappa shape index (κ2) is 8.23. The predicted octanol–water partition coefficient (Wildman–Crippen LogP) is 0.289. The molecular weight excluding hydrogens is 412 g/mol. The van der Waals surface area contributed by atoms with Gasteiger partial charge in [-0.1, -0.05) is 0 Å². The van der Waals surface area contributed by atoms with Crippen molar-refractivity contribution in [3.63, 3.8) is 0 Å². The monoisotopic (exact) mass is 436 g/mol. The Hall–Kier alpha value is -2.66. The van der Waals surface area contributed by atoms with Crippen molar-refractivity contribution in [2.24, 2.45) is 5.10 Å². The predicted molar refractivity (Wildman–Crippen MR) is 107 cm³/mol. The van der Waals surface area contributed by atoms with Gasteiger partial charge in [0.05, 0.1) is 18.1 Å². The molecule has 0 aliphatic carbocycles. The summed E-state index contributed by atoms with van der Waals surface area (Å²) < 4.78 is 38.7. The van der Waals surface area contributed by atoms with Gasteiger partial charge in [0.15, 0.2) is 11.5 Å². The lowest BCUT2D eigenvalue weighted by Gasteiger charge is -2.34. The molecule has 0 bridgehead atoms. The Bertz CT molecular complexity index is 985. The molecule has 0 aromatic heterocycles. The molecule has 2 amide bonds. The highest BCUT2D eigenvalue weighted by atomic mass is 32.2. The van der Waals surface area contributed by atoms with Crippen molar-refractivity contribution in [1.29, 1.82) is 0 Å². The number of hydrogen-bond acceptors (Lipinski definition) is 7. The van der Waals surface area contributed by atoms with Gasteiger partial charge in [0.1, 0.15) is 5.71 Å². The lowest BCUT2D eigenvalue weighted by atomic mass is 10.1. The van der Waals surface area contributed by atoms with Crippen LogP contribution in [0.5, 0.6) is 11.5 Å². The van der Waals surface area contributed by atoms with Crippen LogP contribution in [0.4, 0.5) is 0 Å².